The third-order valence-electron chi connectivity index (χ3n) is 4.91. The monoisotopic (exact) mass is 435 g/mol. The fraction of sp³-hybridized carbons (Fsp3) is 0.600. The smallest absolute Gasteiger partial charge is 0.321 e. The second-order valence-electron chi connectivity index (χ2n) is 8.49. The van der Waals surface area contributed by atoms with Crippen LogP contribution in [0.4, 0.5) is 0 Å². The average molecular weight is 436 g/mol. The van der Waals surface area contributed by atoms with Gasteiger partial charge < -0.3 is 5.11 Å². The number of nitrogens with zero attached hydrogens (tertiary/aromatic N) is 1. The molecule has 0 aliphatic heterocycles. The van der Waals surface area contributed by atoms with Crippen molar-refractivity contribution in [2.24, 2.45) is 0 Å². The predicted octanol–water partition coefficient (Wildman–Crippen LogP) is 6.01. The molecule has 0 aliphatic rings. The number of allylic oxidation sites excluding steroid dienone is 6. The Kier molecular flexibility index (Phi) is 14.4. The Bertz CT molecular complexity index is 681. The molecule has 1 N–H and O–H groups in total. The molecule has 0 spiro atoms. The van der Waals surface area contributed by atoms with Crippen molar-refractivity contribution >= 4 is 24.4 Å². The molecule has 5 heteroatoms. The predicted molar refractivity (Wildman–Crippen MR) is 131 cm³/mol. The van der Waals surface area contributed by atoms with Crippen LogP contribution in [0.2, 0.25) is 0 Å². The van der Waals surface area contributed by atoms with Crippen LogP contribution in [0.3, 0.4) is 0 Å². The SMILES string of the molecule is CC(=O)C(/C=C(\C)CCC=C(C)C)N(C/C=C(\C)CCC=C(C)C)C(CS)C(=O)O. The van der Waals surface area contributed by atoms with E-state index in [4.69, 9.17) is 0 Å². The standard InChI is InChI=1S/C25H41NO3S/c1-18(2)10-8-12-20(5)14-15-26(24(17-30)25(28)29)23(22(7)27)16-21(6)13-9-11-19(3)4/h10-11,14,16,23-24,30H,8-9,12-13,15,17H2,1-7H3,(H,28,29)/b20-14+,21-16+. The van der Waals surface area contributed by atoms with Crippen molar-refractivity contribution in [2.75, 3.05) is 12.3 Å². The summed E-state index contributed by atoms with van der Waals surface area (Å²) in [7, 11) is 0. The van der Waals surface area contributed by atoms with Gasteiger partial charge >= 0.3 is 5.97 Å². The number of ketones is 1. The molecular weight excluding hydrogens is 394 g/mol. The van der Waals surface area contributed by atoms with Crippen molar-refractivity contribution in [2.45, 2.75) is 86.2 Å². The summed E-state index contributed by atoms with van der Waals surface area (Å²) in [6.45, 7) is 14.3. The summed E-state index contributed by atoms with van der Waals surface area (Å²) in [6, 6.07) is -1.40. The Balaban J connectivity index is 5.66. The van der Waals surface area contributed by atoms with Crippen molar-refractivity contribution in [1.82, 2.24) is 4.90 Å². The van der Waals surface area contributed by atoms with Gasteiger partial charge in [0, 0.05) is 12.3 Å². The number of Topliss-reactive ketones (excluding diaryl/α,β-unsaturated/α-hetero) is 1. The molecule has 0 rings (SSSR count). The third kappa shape index (κ3) is 12.2. The molecule has 0 aliphatic carbocycles. The van der Waals surface area contributed by atoms with Crippen molar-refractivity contribution in [3.05, 3.63) is 46.6 Å². The van der Waals surface area contributed by atoms with Crippen LogP contribution in [0, 0.1) is 0 Å². The van der Waals surface area contributed by atoms with E-state index in [9.17, 15) is 14.7 Å². The molecule has 2 unspecified atom stereocenters. The zero-order valence-electron chi connectivity index (χ0n) is 19.9. The van der Waals surface area contributed by atoms with Gasteiger partial charge in [-0.05, 0) is 74.1 Å². The highest BCUT2D eigenvalue weighted by atomic mass is 32.1. The molecule has 0 aromatic rings. The van der Waals surface area contributed by atoms with Crippen LogP contribution < -0.4 is 0 Å². The Labute approximate surface area is 189 Å². The fourth-order valence-corrected chi connectivity index (χ4v) is 3.47. The van der Waals surface area contributed by atoms with E-state index in [2.05, 4.69) is 59.4 Å². The van der Waals surface area contributed by atoms with Crippen molar-refractivity contribution < 1.29 is 14.7 Å². The largest absolute Gasteiger partial charge is 0.480 e. The minimum absolute atomic E-state index is 0.0554. The van der Waals surface area contributed by atoms with Crippen LogP contribution in [0.1, 0.15) is 74.1 Å². The lowest BCUT2D eigenvalue weighted by Crippen LogP contribution is -2.50. The molecule has 170 valence electrons. The number of carbonyl (C=O) groups excluding carboxylic acids is 1. The minimum atomic E-state index is -0.956. The van der Waals surface area contributed by atoms with E-state index in [1.165, 1.54) is 23.6 Å². The zero-order valence-corrected chi connectivity index (χ0v) is 20.8. The topological polar surface area (TPSA) is 57.6 Å². The van der Waals surface area contributed by atoms with Gasteiger partial charge in [-0.25, -0.2) is 0 Å². The number of thiol groups is 1. The minimum Gasteiger partial charge on any atom is -0.480 e. The highest BCUT2D eigenvalue weighted by molar-refractivity contribution is 7.80. The summed E-state index contributed by atoms with van der Waals surface area (Å²) in [5.41, 5.74) is 4.83. The summed E-state index contributed by atoms with van der Waals surface area (Å²) in [6.07, 6.45) is 12.0. The summed E-state index contributed by atoms with van der Waals surface area (Å²) in [4.78, 5) is 26.1. The summed E-state index contributed by atoms with van der Waals surface area (Å²) in [5.74, 6) is -0.864. The van der Waals surface area contributed by atoms with Gasteiger partial charge in [0.25, 0.3) is 0 Å². The lowest BCUT2D eigenvalue weighted by molar-refractivity contribution is -0.143. The molecule has 2 atom stereocenters. The van der Waals surface area contributed by atoms with Crippen LogP contribution in [0.25, 0.3) is 0 Å². The van der Waals surface area contributed by atoms with Crippen molar-refractivity contribution in [1.29, 1.82) is 0 Å². The fourth-order valence-electron chi connectivity index (χ4n) is 3.10. The van der Waals surface area contributed by atoms with E-state index in [0.29, 0.717) is 6.54 Å². The van der Waals surface area contributed by atoms with Gasteiger partial charge in [0.1, 0.15) is 6.04 Å². The first-order valence-electron chi connectivity index (χ1n) is 10.7. The van der Waals surface area contributed by atoms with E-state index < -0.39 is 18.1 Å². The molecule has 0 aromatic heterocycles. The second kappa shape index (κ2) is 15.2. The van der Waals surface area contributed by atoms with Gasteiger partial charge in [0.15, 0.2) is 5.78 Å². The zero-order chi connectivity index (χ0) is 23.3. The third-order valence-corrected chi connectivity index (χ3v) is 5.25. The highest BCUT2D eigenvalue weighted by Gasteiger charge is 2.31. The molecule has 0 heterocycles. The Morgan fingerprint density at radius 3 is 1.77 bits per heavy atom. The van der Waals surface area contributed by atoms with Crippen molar-refractivity contribution in [3.63, 3.8) is 0 Å². The molecule has 0 radical (unpaired) electrons. The number of carboxylic acid groups (broad SMARTS) is 1. The normalized spacial score (nSPS) is 14.3. The van der Waals surface area contributed by atoms with E-state index in [1.807, 2.05) is 19.1 Å². The van der Waals surface area contributed by atoms with E-state index in [1.54, 1.807) is 4.90 Å². The Morgan fingerprint density at radius 1 is 0.867 bits per heavy atom. The van der Waals surface area contributed by atoms with Gasteiger partial charge in [0.2, 0.25) is 0 Å². The summed E-state index contributed by atoms with van der Waals surface area (Å²) >= 11 is 4.26. The molecule has 0 fully saturated rings. The molecule has 0 saturated carbocycles. The van der Waals surface area contributed by atoms with Crippen molar-refractivity contribution in [3.8, 4) is 0 Å². The van der Waals surface area contributed by atoms with Gasteiger partial charge in [-0.2, -0.15) is 12.6 Å². The number of hydrogen-bond donors (Lipinski definition) is 2. The number of carboxylic acids is 1. The quantitative estimate of drug-likeness (QED) is 0.259. The van der Waals surface area contributed by atoms with Gasteiger partial charge in [-0.15, -0.1) is 0 Å². The van der Waals surface area contributed by atoms with Gasteiger partial charge in [-0.1, -0.05) is 46.6 Å². The molecule has 0 aromatic carbocycles. The average Bonchev–Trinajstić information content (AvgIpc) is 2.62. The van der Waals surface area contributed by atoms with Crippen LogP contribution >= 0.6 is 12.6 Å². The molecular formula is C25H41NO3S. The second-order valence-corrected chi connectivity index (χ2v) is 8.86. The Morgan fingerprint density at radius 2 is 1.37 bits per heavy atom. The van der Waals surface area contributed by atoms with Crippen LogP contribution in [0.5, 0.6) is 0 Å². The molecule has 0 bridgehead atoms. The maximum absolute atomic E-state index is 12.5. The van der Waals surface area contributed by atoms with Gasteiger partial charge in [0.05, 0.1) is 6.04 Å². The van der Waals surface area contributed by atoms with Crippen LogP contribution in [-0.4, -0.2) is 46.1 Å². The number of hydrogen-bond acceptors (Lipinski definition) is 4. The maximum atomic E-state index is 12.5. The Hall–Kier alpha value is -1.59. The van der Waals surface area contributed by atoms with E-state index in [0.717, 1.165) is 31.3 Å². The van der Waals surface area contributed by atoms with Crippen LogP contribution in [-0.2, 0) is 9.59 Å². The lowest BCUT2D eigenvalue weighted by Gasteiger charge is -2.32. The van der Waals surface area contributed by atoms with E-state index in [-0.39, 0.29) is 11.5 Å². The van der Waals surface area contributed by atoms with Gasteiger partial charge in [-0.3, -0.25) is 14.5 Å². The molecule has 0 amide bonds. The number of carbonyl (C=O) groups is 2. The first kappa shape index (κ1) is 28.4. The lowest BCUT2D eigenvalue weighted by atomic mass is 10.0. The molecule has 30 heavy (non-hydrogen) atoms. The first-order valence-corrected chi connectivity index (χ1v) is 11.3. The first-order chi connectivity index (χ1) is 14.0. The molecule has 0 saturated heterocycles. The summed E-state index contributed by atoms with van der Waals surface area (Å²) in [5, 5.41) is 9.72. The molecule has 4 nitrogen and oxygen atoms in total. The van der Waals surface area contributed by atoms with Crippen LogP contribution in [0.15, 0.2) is 46.6 Å². The number of rotatable bonds is 14. The maximum Gasteiger partial charge on any atom is 0.321 e. The highest BCUT2D eigenvalue weighted by Crippen LogP contribution is 2.17. The summed E-state index contributed by atoms with van der Waals surface area (Å²) < 4.78 is 0. The number of aliphatic carboxylic acids is 1. The van der Waals surface area contributed by atoms with E-state index >= 15 is 0 Å².